The van der Waals surface area contributed by atoms with Crippen LogP contribution in [-0.2, 0) is 0 Å². The fourth-order valence-corrected chi connectivity index (χ4v) is 3.54. The Hall–Kier alpha value is -4.58. The smallest absolute Gasteiger partial charge is 0.347 e. The van der Waals surface area contributed by atoms with E-state index in [9.17, 15) is 14.0 Å². The van der Waals surface area contributed by atoms with Crippen LogP contribution in [0.2, 0.25) is 0 Å². The molecular weight excluding hydrogens is 419 g/mol. The van der Waals surface area contributed by atoms with Crippen molar-refractivity contribution >= 4 is 22.8 Å². The minimum atomic E-state index is -0.693. The van der Waals surface area contributed by atoms with Gasteiger partial charge in [-0.15, -0.1) is 0 Å². The lowest BCUT2D eigenvalue weighted by Crippen LogP contribution is -2.11. The number of ketones is 1. The molecule has 0 fully saturated rings. The molecule has 0 saturated carbocycles. The molecule has 0 aliphatic heterocycles. The molecule has 2 heterocycles. The molecule has 5 rings (SSSR count). The highest BCUT2D eigenvalue weighted by molar-refractivity contribution is 6.08. The Morgan fingerprint density at radius 3 is 2.45 bits per heavy atom. The summed E-state index contributed by atoms with van der Waals surface area (Å²) in [6, 6.07) is 24.0. The lowest BCUT2D eigenvalue weighted by molar-refractivity contribution is 0.104. The minimum Gasteiger partial charge on any atom is -0.422 e. The van der Waals surface area contributed by atoms with E-state index >= 15 is 0 Å². The van der Waals surface area contributed by atoms with E-state index in [1.165, 1.54) is 24.3 Å². The van der Waals surface area contributed by atoms with Gasteiger partial charge in [0.05, 0.1) is 11.4 Å². The fraction of sp³-hybridized carbons (Fsp3) is 0. The van der Waals surface area contributed by atoms with Gasteiger partial charge in [-0.25, -0.2) is 13.9 Å². The number of para-hydroxylation sites is 2. The third kappa shape index (κ3) is 4.14. The number of fused-ring (bicyclic) bond motifs is 1. The van der Waals surface area contributed by atoms with Gasteiger partial charge >= 0.3 is 5.63 Å². The molecule has 160 valence electrons. The standard InChI is InChI=1S/C27H17FN2O3/c28-21-13-10-18(11-14-21)26-20(17-30(29-26)22-7-2-1-3-8-22)12-15-24(31)23-16-19-6-4-5-9-25(19)33-27(23)32/h1-17H. The summed E-state index contributed by atoms with van der Waals surface area (Å²) in [5.41, 5.74) is 2.43. The lowest BCUT2D eigenvalue weighted by atomic mass is 10.1. The summed E-state index contributed by atoms with van der Waals surface area (Å²) >= 11 is 0. The molecule has 33 heavy (non-hydrogen) atoms. The molecule has 5 aromatic rings. The van der Waals surface area contributed by atoms with Crippen LogP contribution in [-0.4, -0.2) is 15.6 Å². The van der Waals surface area contributed by atoms with Crippen molar-refractivity contribution in [2.45, 2.75) is 0 Å². The Bertz CT molecular complexity index is 1550. The van der Waals surface area contributed by atoms with Gasteiger partial charge in [0.15, 0.2) is 5.78 Å². The first-order valence-corrected chi connectivity index (χ1v) is 10.2. The SMILES string of the molecule is O=C(C=Cc1cn(-c2ccccc2)nc1-c1ccc(F)cc1)c1cc2ccccc2oc1=O. The number of aromatic nitrogens is 2. The van der Waals surface area contributed by atoms with Gasteiger partial charge in [-0.2, -0.15) is 5.10 Å². The number of nitrogens with zero attached hydrogens (tertiary/aromatic N) is 2. The normalized spacial score (nSPS) is 11.3. The Labute approximate surface area is 188 Å². The van der Waals surface area contributed by atoms with E-state index in [0.717, 1.165) is 5.69 Å². The minimum absolute atomic E-state index is 0.0521. The van der Waals surface area contributed by atoms with Gasteiger partial charge in [-0.1, -0.05) is 36.4 Å². The second-order valence-electron chi connectivity index (χ2n) is 7.40. The van der Waals surface area contributed by atoms with Crippen LogP contribution in [0.25, 0.3) is 34.0 Å². The number of halogens is 1. The van der Waals surface area contributed by atoms with E-state index in [4.69, 9.17) is 4.42 Å². The largest absolute Gasteiger partial charge is 0.422 e. The summed E-state index contributed by atoms with van der Waals surface area (Å²) in [5.74, 6) is -0.830. The third-order valence-corrected chi connectivity index (χ3v) is 5.20. The summed E-state index contributed by atoms with van der Waals surface area (Å²) in [7, 11) is 0. The van der Waals surface area contributed by atoms with Crippen LogP contribution in [0.15, 0.2) is 106 Å². The second kappa shape index (κ2) is 8.51. The molecule has 0 unspecified atom stereocenters. The maximum atomic E-state index is 13.4. The molecule has 5 nitrogen and oxygen atoms in total. The van der Waals surface area contributed by atoms with Gasteiger partial charge in [-0.05, 0) is 60.7 Å². The summed E-state index contributed by atoms with van der Waals surface area (Å²) < 4.78 is 20.4. The Morgan fingerprint density at radius 1 is 0.939 bits per heavy atom. The Balaban J connectivity index is 1.55. The van der Waals surface area contributed by atoms with Gasteiger partial charge < -0.3 is 4.42 Å². The third-order valence-electron chi connectivity index (χ3n) is 5.20. The predicted molar refractivity (Wildman–Crippen MR) is 125 cm³/mol. The molecule has 0 aliphatic rings. The summed E-state index contributed by atoms with van der Waals surface area (Å²) in [4.78, 5) is 25.2. The average Bonchev–Trinajstić information content (AvgIpc) is 3.27. The van der Waals surface area contributed by atoms with E-state index in [1.807, 2.05) is 30.3 Å². The van der Waals surface area contributed by atoms with Crippen LogP contribution < -0.4 is 5.63 Å². The average molecular weight is 436 g/mol. The zero-order valence-corrected chi connectivity index (χ0v) is 17.3. The first-order chi connectivity index (χ1) is 16.1. The number of rotatable bonds is 5. The molecule has 0 N–H and O–H groups in total. The number of allylic oxidation sites excluding steroid dienone is 1. The van der Waals surface area contributed by atoms with Crippen molar-refractivity contribution in [3.8, 4) is 16.9 Å². The molecule has 0 saturated heterocycles. The maximum absolute atomic E-state index is 13.4. The molecule has 3 aromatic carbocycles. The van der Waals surface area contributed by atoms with Crippen LogP contribution in [0.1, 0.15) is 15.9 Å². The number of carbonyl (C=O) groups is 1. The van der Waals surface area contributed by atoms with E-state index in [0.29, 0.717) is 27.8 Å². The maximum Gasteiger partial charge on any atom is 0.347 e. The van der Waals surface area contributed by atoms with Gasteiger partial charge in [0.1, 0.15) is 17.0 Å². The van der Waals surface area contributed by atoms with Crippen molar-refractivity contribution in [1.82, 2.24) is 9.78 Å². The molecule has 0 radical (unpaired) electrons. The van der Waals surface area contributed by atoms with E-state index in [-0.39, 0.29) is 11.4 Å². The quantitative estimate of drug-likeness (QED) is 0.202. The van der Waals surface area contributed by atoms with E-state index < -0.39 is 11.4 Å². The summed E-state index contributed by atoms with van der Waals surface area (Å²) in [6.07, 6.45) is 4.70. The van der Waals surface area contributed by atoms with Crippen LogP contribution in [0, 0.1) is 5.82 Å². The highest BCUT2D eigenvalue weighted by Crippen LogP contribution is 2.25. The zero-order valence-electron chi connectivity index (χ0n) is 17.3. The van der Waals surface area contributed by atoms with Crippen molar-refractivity contribution in [2.75, 3.05) is 0 Å². The molecule has 0 spiro atoms. The van der Waals surface area contributed by atoms with Crippen LogP contribution in [0.3, 0.4) is 0 Å². The fourth-order valence-electron chi connectivity index (χ4n) is 3.54. The van der Waals surface area contributed by atoms with Gasteiger partial charge in [-0.3, -0.25) is 4.79 Å². The zero-order chi connectivity index (χ0) is 22.8. The summed E-state index contributed by atoms with van der Waals surface area (Å²) in [6.45, 7) is 0. The second-order valence-corrected chi connectivity index (χ2v) is 7.40. The number of hydrogen-bond donors (Lipinski definition) is 0. The molecule has 0 amide bonds. The highest BCUT2D eigenvalue weighted by Gasteiger charge is 2.14. The van der Waals surface area contributed by atoms with Crippen molar-refractivity contribution < 1.29 is 13.6 Å². The monoisotopic (exact) mass is 436 g/mol. The Morgan fingerprint density at radius 2 is 1.67 bits per heavy atom. The van der Waals surface area contributed by atoms with Crippen molar-refractivity contribution in [3.63, 3.8) is 0 Å². The first-order valence-electron chi connectivity index (χ1n) is 10.2. The lowest BCUT2D eigenvalue weighted by Gasteiger charge is -2.00. The number of benzene rings is 3. The van der Waals surface area contributed by atoms with Crippen LogP contribution >= 0.6 is 0 Å². The van der Waals surface area contributed by atoms with Gasteiger partial charge in [0.2, 0.25) is 0 Å². The Kier molecular flexibility index (Phi) is 5.24. The highest BCUT2D eigenvalue weighted by atomic mass is 19.1. The molecule has 6 heteroatoms. The van der Waals surface area contributed by atoms with Crippen LogP contribution in [0.4, 0.5) is 4.39 Å². The first kappa shape index (κ1) is 20.3. The topological polar surface area (TPSA) is 65.1 Å². The molecule has 2 aromatic heterocycles. The molecule has 0 bridgehead atoms. The van der Waals surface area contributed by atoms with Crippen LogP contribution in [0.5, 0.6) is 0 Å². The van der Waals surface area contributed by atoms with Gasteiger partial charge in [0.25, 0.3) is 0 Å². The molecular formula is C27H17FN2O3. The number of hydrogen-bond acceptors (Lipinski definition) is 4. The van der Waals surface area contributed by atoms with Crippen molar-refractivity contribution in [2.24, 2.45) is 0 Å². The summed E-state index contributed by atoms with van der Waals surface area (Å²) in [5, 5.41) is 5.31. The van der Waals surface area contributed by atoms with E-state index in [2.05, 4.69) is 5.10 Å². The predicted octanol–water partition coefficient (Wildman–Crippen LogP) is 5.68. The molecule has 0 atom stereocenters. The van der Waals surface area contributed by atoms with Crippen molar-refractivity contribution in [1.29, 1.82) is 0 Å². The van der Waals surface area contributed by atoms with E-state index in [1.54, 1.807) is 53.4 Å². The van der Waals surface area contributed by atoms with Crippen molar-refractivity contribution in [3.05, 3.63) is 125 Å². The molecule has 0 aliphatic carbocycles. The number of carbonyl (C=O) groups excluding carboxylic acids is 1. The van der Waals surface area contributed by atoms with Gasteiger partial charge in [0, 0.05) is 22.7 Å².